The largest absolute Gasteiger partial charge is 0.491 e. The first kappa shape index (κ1) is 18.8. The molecule has 3 atom stereocenters. The van der Waals surface area contributed by atoms with Crippen LogP contribution in [0.25, 0.3) is 0 Å². The van der Waals surface area contributed by atoms with Crippen LogP contribution in [-0.2, 0) is 4.79 Å². The highest BCUT2D eigenvalue weighted by atomic mass is 35.5. The van der Waals surface area contributed by atoms with Crippen LogP contribution >= 0.6 is 12.4 Å². The summed E-state index contributed by atoms with van der Waals surface area (Å²) < 4.78 is 5.70. The summed E-state index contributed by atoms with van der Waals surface area (Å²) in [7, 11) is 0. The third-order valence-electron chi connectivity index (χ3n) is 4.06. The summed E-state index contributed by atoms with van der Waals surface area (Å²) >= 11 is 0. The molecule has 1 aromatic rings. The molecular weight excluding hydrogens is 300 g/mol. The Morgan fingerprint density at radius 3 is 2.86 bits per heavy atom. The molecule has 22 heavy (non-hydrogen) atoms. The van der Waals surface area contributed by atoms with Crippen molar-refractivity contribution in [2.75, 3.05) is 6.61 Å². The van der Waals surface area contributed by atoms with Gasteiger partial charge >= 0.3 is 0 Å². The molecule has 3 N–H and O–H groups in total. The molecule has 2 rings (SSSR count). The van der Waals surface area contributed by atoms with E-state index >= 15 is 0 Å². The number of rotatable bonds is 6. The van der Waals surface area contributed by atoms with Crippen LogP contribution in [0, 0.1) is 12.8 Å². The summed E-state index contributed by atoms with van der Waals surface area (Å²) in [6.07, 6.45) is 3.80. The van der Waals surface area contributed by atoms with E-state index < -0.39 is 0 Å². The van der Waals surface area contributed by atoms with E-state index in [1.54, 1.807) is 0 Å². The maximum atomic E-state index is 12.0. The second-order valence-electron chi connectivity index (χ2n) is 6.16. The number of nitrogens with one attached hydrogen (secondary N) is 1. The zero-order chi connectivity index (χ0) is 15.2. The molecule has 5 heteroatoms. The van der Waals surface area contributed by atoms with Crippen LogP contribution in [0.3, 0.4) is 0 Å². The van der Waals surface area contributed by atoms with Crippen molar-refractivity contribution in [3.63, 3.8) is 0 Å². The number of ether oxygens (including phenoxy) is 1. The average Bonchev–Trinajstić information content (AvgIpc) is 2.82. The lowest BCUT2D eigenvalue weighted by atomic mass is 10.00. The first-order valence-electron chi connectivity index (χ1n) is 7.79. The molecule has 124 valence electrons. The zero-order valence-electron chi connectivity index (χ0n) is 13.4. The molecule has 1 fully saturated rings. The van der Waals surface area contributed by atoms with E-state index in [1.165, 1.54) is 5.56 Å². The summed E-state index contributed by atoms with van der Waals surface area (Å²) in [5, 5.41) is 2.99. The van der Waals surface area contributed by atoms with E-state index in [0.29, 0.717) is 18.9 Å². The Kier molecular flexibility index (Phi) is 7.69. The second kappa shape index (κ2) is 9.01. The van der Waals surface area contributed by atoms with Crippen molar-refractivity contribution in [3.8, 4) is 5.75 Å². The lowest BCUT2D eigenvalue weighted by Crippen LogP contribution is -2.39. The molecular formula is C17H27ClN2O2. The quantitative estimate of drug-likeness (QED) is 0.845. The predicted octanol–water partition coefficient (Wildman–Crippen LogP) is 2.82. The minimum absolute atomic E-state index is 0. The fourth-order valence-electron chi connectivity index (χ4n) is 2.86. The molecule has 1 aliphatic rings. The number of carbonyl (C=O) groups excluding carboxylic acids is 1. The predicted molar refractivity (Wildman–Crippen MR) is 91.5 cm³/mol. The highest BCUT2D eigenvalue weighted by Crippen LogP contribution is 2.26. The Hall–Kier alpha value is -1.26. The van der Waals surface area contributed by atoms with Crippen LogP contribution in [0.5, 0.6) is 5.75 Å². The normalized spacial score (nSPS) is 21.8. The molecule has 1 unspecified atom stereocenters. The first-order chi connectivity index (χ1) is 10.0. The number of hydrogen-bond donors (Lipinski definition) is 2. The number of benzene rings is 1. The second-order valence-corrected chi connectivity index (χ2v) is 6.16. The number of nitrogens with two attached hydrogens (primary N) is 1. The van der Waals surface area contributed by atoms with Crippen molar-refractivity contribution in [2.24, 2.45) is 11.7 Å². The first-order valence-corrected chi connectivity index (χ1v) is 7.79. The number of aryl methyl sites for hydroxylation is 1. The van der Waals surface area contributed by atoms with E-state index in [1.807, 2.05) is 38.1 Å². The van der Waals surface area contributed by atoms with Gasteiger partial charge in [0.2, 0.25) is 5.91 Å². The van der Waals surface area contributed by atoms with Gasteiger partial charge in [-0.25, -0.2) is 0 Å². The maximum absolute atomic E-state index is 12.0. The van der Waals surface area contributed by atoms with Gasteiger partial charge in [-0.15, -0.1) is 12.4 Å². The highest BCUT2D eigenvalue weighted by molar-refractivity contribution is 5.85. The zero-order valence-corrected chi connectivity index (χ0v) is 14.2. The summed E-state index contributed by atoms with van der Waals surface area (Å²) in [5.41, 5.74) is 7.17. The van der Waals surface area contributed by atoms with Gasteiger partial charge in [0.25, 0.3) is 0 Å². The van der Waals surface area contributed by atoms with Crippen molar-refractivity contribution in [3.05, 3.63) is 29.8 Å². The van der Waals surface area contributed by atoms with Crippen LogP contribution in [0.1, 0.15) is 38.2 Å². The molecule has 1 aromatic carbocycles. The van der Waals surface area contributed by atoms with E-state index in [9.17, 15) is 4.79 Å². The standard InChI is InChI=1S/C17H26N2O2.ClH/c1-12-5-3-7-15(9-12)21-11-13(2)19-17(20)10-14-6-4-8-16(14)18;/h3,5,7,9,13-14,16H,4,6,8,10-11,18H2,1-2H3,(H,19,20);1H/t13?,14-,16+;/m0./s1. The van der Waals surface area contributed by atoms with Crippen molar-refractivity contribution in [2.45, 2.75) is 51.6 Å². The lowest BCUT2D eigenvalue weighted by molar-refractivity contribution is -0.122. The Labute approximate surface area is 139 Å². The monoisotopic (exact) mass is 326 g/mol. The number of halogens is 1. The minimum atomic E-state index is -0.00404. The van der Waals surface area contributed by atoms with Crippen molar-refractivity contribution in [1.29, 1.82) is 0 Å². The SMILES string of the molecule is Cc1cccc(OCC(C)NC(=O)C[C@@H]2CCC[C@H]2N)c1.Cl. The molecule has 0 aliphatic heterocycles. The maximum Gasteiger partial charge on any atom is 0.220 e. The van der Waals surface area contributed by atoms with Crippen LogP contribution in [-0.4, -0.2) is 24.6 Å². The Morgan fingerprint density at radius 1 is 1.45 bits per heavy atom. The number of carbonyl (C=O) groups is 1. The molecule has 1 amide bonds. The van der Waals surface area contributed by atoms with Gasteiger partial charge in [-0.1, -0.05) is 18.6 Å². The molecule has 0 heterocycles. The molecule has 0 spiro atoms. The minimum Gasteiger partial charge on any atom is -0.491 e. The molecule has 0 radical (unpaired) electrons. The number of hydrogen-bond acceptors (Lipinski definition) is 3. The third kappa shape index (κ3) is 5.85. The van der Waals surface area contributed by atoms with Gasteiger partial charge in [0, 0.05) is 12.5 Å². The molecule has 1 aliphatic carbocycles. The van der Waals surface area contributed by atoms with E-state index in [0.717, 1.165) is 25.0 Å². The summed E-state index contributed by atoms with van der Waals surface area (Å²) in [4.78, 5) is 12.0. The molecule has 0 saturated heterocycles. The van der Waals surface area contributed by atoms with Crippen molar-refractivity contribution >= 4 is 18.3 Å². The van der Waals surface area contributed by atoms with Gasteiger partial charge < -0.3 is 15.8 Å². The Bertz CT molecular complexity index is 481. The molecule has 1 saturated carbocycles. The van der Waals surface area contributed by atoms with Gasteiger partial charge in [0.05, 0.1) is 6.04 Å². The fraction of sp³-hybridized carbons (Fsp3) is 0.588. The number of amides is 1. The van der Waals surface area contributed by atoms with Gasteiger partial charge in [0.1, 0.15) is 12.4 Å². The smallest absolute Gasteiger partial charge is 0.220 e. The molecule has 0 bridgehead atoms. The fourth-order valence-corrected chi connectivity index (χ4v) is 2.86. The summed E-state index contributed by atoms with van der Waals surface area (Å²) in [6, 6.07) is 8.11. The van der Waals surface area contributed by atoms with Crippen LogP contribution in [0.15, 0.2) is 24.3 Å². The van der Waals surface area contributed by atoms with E-state index in [2.05, 4.69) is 5.32 Å². The van der Waals surface area contributed by atoms with Crippen LogP contribution in [0.2, 0.25) is 0 Å². The molecule has 0 aromatic heterocycles. The summed E-state index contributed by atoms with van der Waals surface area (Å²) in [6.45, 7) is 4.47. The van der Waals surface area contributed by atoms with Crippen LogP contribution < -0.4 is 15.8 Å². The Morgan fingerprint density at radius 2 is 2.23 bits per heavy atom. The van der Waals surface area contributed by atoms with Gasteiger partial charge in [-0.05, 0) is 50.3 Å². The third-order valence-corrected chi connectivity index (χ3v) is 4.06. The van der Waals surface area contributed by atoms with Gasteiger partial charge in [-0.3, -0.25) is 4.79 Å². The van der Waals surface area contributed by atoms with Crippen LogP contribution in [0.4, 0.5) is 0 Å². The molecule has 4 nitrogen and oxygen atoms in total. The van der Waals surface area contributed by atoms with Gasteiger partial charge in [0.15, 0.2) is 0 Å². The lowest BCUT2D eigenvalue weighted by Gasteiger charge is -2.18. The van der Waals surface area contributed by atoms with Crippen molar-refractivity contribution in [1.82, 2.24) is 5.32 Å². The topological polar surface area (TPSA) is 64.3 Å². The summed E-state index contributed by atoms with van der Waals surface area (Å²) in [5.74, 6) is 1.27. The van der Waals surface area contributed by atoms with Gasteiger partial charge in [-0.2, -0.15) is 0 Å². The van der Waals surface area contributed by atoms with E-state index in [4.69, 9.17) is 10.5 Å². The highest BCUT2D eigenvalue weighted by Gasteiger charge is 2.26. The van der Waals surface area contributed by atoms with Crippen molar-refractivity contribution < 1.29 is 9.53 Å². The average molecular weight is 327 g/mol. The Balaban J connectivity index is 0.00000242. The van der Waals surface area contributed by atoms with E-state index in [-0.39, 0.29) is 30.4 Å².